The standard InChI is InChI=1S/C10H19N3O3S/c1-15-3-2-11-6-16-4-8-9-7(5-17-8)12-10(14)13-9/h7-9,11H,2-6H2,1H3,(H2,12,13,14). The van der Waals surface area contributed by atoms with E-state index in [0.717, 1.165) is 12.3 Å². The van der Waals surface area contributed by atoms with Crippen molar-refractivity contribution < 1.29 is 14.3 Å². The second-order valence-electron chi connectivity index (χ2n) is 4.13. The van der Waals surface area contributed by atoms with Crippen molar-refractivity contribution in [2.24, 2.45) is 0 Å². The molecule has 17 heavy (non-hydrogen) atoms. The Hall–Kier alpha value is -0.500. The number of thioether (sulfide) groups is 1. The number of carbonyl (C=O) groups excluding carboxylic acids is 1. The monoisotopic (exact) mass is 261 g/mol. The maximum absolute atomic E-state index is 11.2. The van der Waals surface area contributed by atoms with Gasteiger partial charge in [-0.15, -0.1) is 0 Å². The molecule has 2 heterocycles. The number of fused-ring (bicyclic) bond motifs is 1. The number of carbonyl (C=O) groups is 1. The minimum absolute atomic E-state index is 0.0523. The number of methoxy groups -OCH3 is 1. The third-order valence-corrected chi connectivity index (χ3v) is 4.32. The number of amides is 2. The third kappa shape index (κ3) is 3.48. The van der Waals surface area contributed by atoms with Crippen molar-refractivity contribution in [1.82, 2.24) is 16.0 Å². The van der Waals surface area contributed by atoms with Crippen molar-refractivity contribution >= 4 is 17.8 Å². The molecule has 2 saturated heterocycles. The molecule has 0 aromatic heterocycles. The van der Waals surface area contributed by atoms with Crippen molar-refractivity contribution in [2.45, 2.75) is 17.3 Å². The summed E-state index contributed by atoms with van der Waals surface area (Å²) in [7, 11) is 1.67. The Labute approximate surface area is 105 Å². The first-order valence-electron chi connectivity index (χ1n) is 5.77. The van der Waals surface area contributed by atoms with Crippen LogP contribution in [0.25, 0.3) is 0 Å². The average molecular weight is 261 g/mol. The molecule has 7 heteroatoms. The van der Waals surface area contributed by atoms with Gasteiger partial charge in [-0.05, 0) is 0 Å². The lowest BCUT2D eigenvalue weighted by molar-refractivity contribution is 0.104. The molecular weight excluding hydrogens is 242 g/mol. The van der Waals surface area contributed by atoms with Gasteiger partial charge in [-0.2, -0.15) is 11.8 Å². The van der Waals surface area contributed by atoms with E-state index in [4.69, 9.17) is 9.47 Å². The van der Waals surface area contributed by atoms with E-state index in [1.807, 2.05) is 11.8 Å². The van der Waals surface area contributed by atoms with Gasteiger partial charge in [0.15, 0.2) is 0 Å². The Kier molecular flexibility index (Phi) is 4.90. The molecular formula is C10H19N3O3S. The first kappa shape index (κ1) is 12.9. The van der Waals surface area contributed by atoms with Crippen LogP contribution in [0, 0.1) is 0 Å². The molecule has 6 nitrogen and oxygen atoms in total. The molecule has 0 aliphatic carbocycles. The van der Waals surface area contributed by atoms with Gasteiger partial charge in [0.25, 0.3) is 0 Å². The van der Waals surface area contributed by atoms with Crippen molar-refractivity contribution in [3.8, 4) is 0 Å². The second-order valence-corrected chi connectivity index (χ2v) is 5.40. The van der Waals surface area contributed by atoms with E-state index >= 15 is 0 Å². The average Bonchev–Trinajstić information content (AvgIpc) is 2.83. The minimum atomic E-state index is -0.0523. The lowest BCUT2D eigenvalue weighted by Crippen LogP contribution is -2.39. The Balaban J connectivity index is 1.59. The van der Waals surface area contributed by atoms with E-state index in [2.05, 4.69) is 16.0 Å². The summed E-state index contributed by atoms with van der Waals surface area (Å²) in [5.74, 6) is 0.967. The molecule has 2 fully saturated rings. The number of urea groups is 1. The Bertz CT molecular complexity index is 267. The molecule has 2 rings (SSSR count). The van der Waals surface area contributed by atoms with Gasteiger partial charge >= 0.3 is 6.03 Å². The summed E-state index contributed by atoms with van der Waals surface area (Å²) < 4.78 is 10.5. The van der Waals surface area contributed by atoms with Crippen LogP contribution >= 0.6 is 11.8 Å². The van der Waals surface area contributed by atoms with E-state index in [1.165, 1.54) is 0 Å². The van der Waals surface area contributed by atoms with E-state index in [9.17, 15) is 4.79 Å². The predicted octanol–water partition coefficient (Wildman–Crippen LogP) is -0.638. The molecule has 3 atom stereocenters. The third-order valence-electron chi connectivity index (χ3n) is 2.91. The highest BCUT2D eigenvalue weighted by Gasteiger charge is 2.42. The van der Waals surface area contributed by atoms with Crippen LogP contribution in [0.4, 0.5) is 4.79 Å². The van der Waals surface area contributed by atoms with Crippen LogP contribution in [0.1, 0.15) is 0 Å². The Morgan fingerprint density at radius 3 is 3.24 bits per heavy atom. The van der Waals surface area contributed by atoms with Crippen molar-refractivity contribution in [3.63, 3.8) is 0 Å². The number of rotatable bonds is 7. The van der Waals surface area contributed by atoms with Gasteiger partial charge in [0.1, 0.15) is 0 Å². The number of hydrogen-bond donors (Lipinski definition) is 3. The van der Waals surface area contributed by atoms with Crippen LogP contribution in [0.5, 0.6) is 0 Å². The smallest absolute Gasteiger partial charge is 0.315 e. The van der Waals surface area contributed by atoms with Crippen LogP contribution in [-0.4, -0.2) is 62.7 Å². The molecule has 0 saturated carbocycles. The lowest BCUT2D eigenvalue weighted by atomic mass is 10.1. The van der Waals surface area contributed by atoms with Gasteiger partial charge in [-0.25, -0.2) is 4.79 Å². The summed E-state index contributed by atoms with van der Waals surface area (Å²) in [5.41, 5.74) is 0. The summed E-state index contributed by atoms with van der Waals surface area (Å²) in [6.45, 7) is 2.66. The van der Waals surface area contributed by atoms with Gasteiger partial charge in [0.2, 0.25) is 0 Å². The Morgan fingerprint density at radius 2 is 2.41 bits per heavy atom. The van der Waals surface area contributed by atoms with Crippen LogP contribution in [0.3, 0.4) is 0 Å². The van der Waals surface area contributed by atoms with Gasteiger partial charge in [0.05, 0.1) is 37.3 Å². The maximum atomic E-state index is 11.2. The molecule has 2 aliphatic rings. The summed E-state index contributed by atoms with van der Waals surface area (Å²) in [4.78, 5) is 11.2. The van der Waals surface area contributed by atoms with Crippen molar-refractivity contribution in [2.75, 3.05) is 39.4 Å². The molecule has 0 aromatic rings. The molecule has 0 spiro atoms. The molecule has 2 amide bonds. The van der Waals surface area contributed by atoms with Crippen molar-refractivity contribution in [3.05, 3.63) is 0 Å². The summed E-state index contributed by atoms with van der Waals surface area (Å²) in [5, 5.41) is 9.31. The number of ether oxygens (including phenoxy) is 2. The van der Waals surface area contributed by atoms with Gasteiger partial charge in [-0.1, -0.05) is 0 Å². The highest BCUT2D eigenvalue weighted by atomic mass is 32.2. The van der Waals surface area contributed by atoms with Crippen LogP contribution in [-0.2, 0) is 9.47 Å². The second kappa shape index (κ2) is 6.44. The fraction of sp³-hybridized carbons (Fsp3) is 0.900. The van der Waals surface area contributed by atoms with E-state index in [-0.39, 0.29) is 18.1 Å². The van der Waals surface area contributed by atoms with Crippen LogP contribution in [0.15, 0.2) is 0 Å². The first-order chi connectivity index (χ1) is 8.31. The van der Waals surface area contributed by atoms with E-state index in [0.29, 0.717) is 25.2 Å². The predicted molar refractivity (Wildman–Crippen MR) is 66.2 cm³/mol. The summed E-state index contributed by atoms with van der Waals surface area (Å²) in [6, 6.07) is 0.428. The first-order valence-corrected chi connectivity index (χ1v) is 6.82. The normalized spacial score (nSPS) is 31.1. The minimum Gasteiger partial charge on any atom is -0.383 e. The highest BCUT2D eigenvalue weighted by Crippen LogP contribution is 2.29. The summed E-state index contributed by atoms with van der Waals surface area (Å²) in [6.07, 6.45) is 0. The number of nitrogens with one attached hydrogen (secondary N) is 3. The van der Waals surface area contributed by atoms with E-state index < -0.39 is 0 Å². The number of hydrogen-bond acceptors (Lipinski definition) is 5. The molecule has 98 valence electrons. The zero-order valence-electron chi connectivity index (χ0n) is 9.90. The quantitative estimate of drug-likeness (QED) is 0.323. The molecule has 2 aliphatic heterocycles. The van der Waals surface area contributed by atoms with Gasteiger partial charge in [-0.3, -0.25) is 5.32 Å². The molecule has 3 unspecified atom stereocenters. The topological polar surface area (TPSA) is 71.6 Å². The molecule has 0 radical (unpaired) electrons. The lowest BCUT2D eigenvalue weighted by Gasteiger charge is -2.16. The van der Waals surface area contributed by atoms with Crippen LogP contribution < -0.4 is 16.0 Å². The summed E-state index contributed by atoms with van der Waals surface area (Å²) >= 11 is 1.85. The maximum Gasteiger partial charge on any atom is 0.315 e. The zero-order chi connectivity index (χ0) is 12.1. The SMILES string of the molecule is COCCNCOCC1SCC2NC(=O)NC21. The molecule has 0 aromatic carbocycles. The van der Waals surface area contributed by atoms with E-state index in [1.54, 1.807) is 7.11 Å². The fourth-order valence-electron chi connectivity index (χ4n) is 2.03. The van der Waals surface area contributed by atoms with Gasteiger partial charge < -0.3 is 20.1 Å². The molecule has 3 N–H and O–H groups in total. The van der Waals surface area contributed by atoms with Crippen LogP contribution in [0.2, 0.25) is 0 Å². The zero-order valence-corrected chi connectivity index (χ0v) is 10.7. The van der Waals surface area contributed by atoms with Crippen molar-refractivity contribution in [1.29, 1.82) is 0 Å². The Morgan fingerprint density at radius 1 is 1.53 bits per heavy atom. The fourth-order valence-corrected chi connectivity index (χ4v) is 3.43. The molecule has 0 bridgehead atoms. The largest absolute Gasteiger partial charge is 0.383 e. The highest BCUT2D eigenvalue weighted by molar-refractivity contribution is 8.00. The van der Waals surface area contributed by atoms with Gasteiger partial charge in [0, 0.05) is 19.4 Å².